The molecule has 0 amide bonds. The lowest BCUT2D eigenvalue weighted by atomic mass is 10.3. The summed E-state index contributed by atoms with van der Waals surface area (Å²) >= 11 is 0. The molecule has 0 saturated carbocycles. The molecule has 0 N–H and O–H groups in total. The Morgan fingerprint density at radius 3 is 1.83 bits per heavy atom. The van der Waals surface area contributed by atoms with Gasteiger partial charge in [0.2, 0.25) is 7.37 Å². The summed E-state index contributed by atoms with van der Waals surface area (Å²) < 4.78 is 67.5. The van der Waals surface area contributed by atoms with Crippen molar-refractivity contribution in [3.05, 3.63) is 0 Å². The van der Waals surface area contributed by atoms with Gasteiger partial charge in [-0.15, -0.1) is 0 Å². The summed E-state index contributed by atoms with van der Waals surface area (Å²) in [5.74, 6) is -0.241. The van der Waals surface area contributed by atoms with Gasteiger partial charge in [-0.3, -0.25) is 13.3 Å². The van der Waals surface area contributed by atoms with Crippen LogP contribution in [0.3, 0.4) is 0 Å². The highest BCUT2D eigenvalue weighted by molar-refractivity contribution is 7.86. The summed E-state index contributed by atoms with van der Waals surface area (Å²) in [6, 6.07) is 0. The van der Waals surface area contributed by atoms with Crippen LogP contribution in [0.1, 0.15) is 40.0 Å². The molecule has 8 nitrogen and oxygen atoms in total. The van der Waals surface area contributed by atoms with Crippen molar-refractivity contribution in [1.82, 2.24) is 0 Å². The molecule has 0 aliphatic heterocycles. The maximum atomic E-state index is 12.9. The van der Waals surface area contributed by atoms with E-state index in [1.165, 1.54) is 0 Å². The van der Waals surface area contributed by atoms with E-state index in [4.69, 9.17) is 13.6 Å². The van der Waals surface area contributed by atoms with Crippen LogP contribution in [0.2, 0.25) is 0 Å². The predicted molar refractivity (Wildman–Crippen MR) is 94.5 cm³/mol. The van der Waals surface area contributed by atoms with Gasteiger partial charge in [0.1, 0.15) is 5.90 Å². The SMILES string of the molecule is CCOP(=O)(CCCCCOS(C)(=O)=O)CP(=O)(OCC)OCC. The third-order valence-electron chi connectivity index (χ3n) is 2.85. The predicted octanol–water partition coefficient (Wildman–Crippen LogP) is 3.67. The van der Waals surface area contributed by atoms with E-state index in [1.54, 1.807) is 20.8 Å². The van der Waals surface area contributed by atoms with Gasteiger partial charge in [0.15, 0.2) is 0 Å². The second-order valence-corrected chi connectivity index (χ2v) is 12.0. The van der Waals surface area contributed by atoms with E-state index in [1.807, 2.05) is 0 Å². The molecule has 0 aromatic rings. The third kappa shape index (κ3) is 11.7. The van der Waals surface area contributed by atoms with Crippen LogP contribution in [0, 0.1) is 0 Å². The van der Waals surface area contributed by atoms with E-state index in [0.29, 0.717) is 19.3 Å². The Morgan fingerprint density at radius 2 is 1.38 bits per heavy atom. The Bertz CT molecular complexity index is 524. The van der Waals surface area contributed by atoms with E-state index in [0.717, 1.165) is 6.26 Å². The summed E-state index contributed by atoms with van der Waals surface area (Å²) in [6.45, 7) is 5.84. The van der Waals surface area contributed by atoms with Crippen molar-refractivity contribution >= 4 is 25.1 Å². The first-order valence-electron chi connectivity index (χ1n) is 8.05. The maximum absolute atomic E-state index is 12.9. The summed E-state index contributed by atoms with van der Waals surface area (Å²) in [5.41, 5.74) is 0. The number of unbranched alkanes of at least 4 members (excludes halogenated alkanes) is 2. The zero-order valence-electron chi connectivity index (χ0n) is 14.9. The Balaban J connectivity index is 4.53. The van der Waals surface area contributed by atoms with Crippen molar-refractivity contribution in [1.29, 1.82) is 0 Å². The normalized spacial score (nSPS) is 15.3. The molecule has 0 bridgehead atoms. The molecule has 0 fully saturated rings. The van der Waals surface area contributed by atoms with E-state index >= 15 is 0 Å². The van der Waals surface area contributed by atoms with E-state index in [-0.39, 0.29) is 38.5 Å². The molecular weight excluding hydrogens is 378 g/mol. The molecule has 0 aliphatic carbocycles. The van der Waals surface area contributed by atoms with Gasteiger partial charge in [-0.25, -0.2) is 0 Å². The molecule has 0 aliphatic rings. The monoisotopic (exact) mass is 408 g/mol. The maximum Gasteiger partial charge on any atom is 0.340 e. The third-order valence-corrected chi connectivity index (χ3v) is 9.58. The van der Waals surface area contributed by atoms with Crippen LogP contribution >= 0.6 is 15.0 Å². The van der Waals surface area contributed by atoms with Gasteiger partial charge < -0.3 is 13.6 Å². The summed E-state index contributed by atoms with van der Waals surface area (Å²) in [7, 11) is -10.0. The highest BCUT2D eigenvalue weighted by atomic mass is 32.2. The second kappa shape index (κ2) is 11.8. The molecule has 24 heavy (non-hydrogen) atoms. The lowest BCUT2D eigenvalue weighted by Gasteiger charge is -2.23. The Kier molecular flexibility index (Phi) is 11.9. The minimum atomic E-state index is -3.45. The van der Waals surface area contributed by atoms with Gasteiger partial charge in [0.05, 0.1) is 32.7 Å². The van der Waals surface area contributed by atoms with Gasteiger partial charge in [-0.05, 0) is 33.6 Å². The second-order valence-electron chi connectivity index (χ2n) is 5.13. The Labute approximate surface area is 145 Å². The minimum Gasteiger partial charge on any atom is -0.328 e. The lowest BCUT2D eigenvalue weighted by Crippen LogP contribution is -2.07. The van der Waals surface area contributed by atoms with Crippen molar-refractivity contribution in [3.63, 3.8) is 0 Å². The molecular formula is C13H30O8P2S. The van der Waals surface area contributed by atoms with Crippen LogP contribution in [0.5, 0.6) is 0 Å². The standard InChI is InChI=1S/C13H30O8P2S/c1-5-18-22(14,13-23(15,19-6-2)20-7-3)12-10-8-9-11-21-24(4,16)17/h5-13H2,1-4H3. The van der Waals surface area contributed by atoms with Crippen LogP contribution in [-0.4, -0.2) is 53.2 Å². The number of hydrogen-bond donors (Lipinski definition) is 0. The summed E-state index contributed by atoms with van der Waals surface area (Å²) in [4.78, 5) is 0. The lowest BCUT2D eigenvalue weighted by molar-refractivity contribution is 0.222. The topological polar surface area (TPSA) is 105 Å². The first-order chi connectivity index (χ1) is 11.1. The van der Waals surface area contributed by atoms with E-state index in [9.17, 15) is 17.5 Å². The van der Waals surface area contributed by atoms with Crippen LogP contribution in [-0.2, 0) is 37.0 Å². The van der Waals surface area contributed by atoms with Crippen LogP contribution in [0.15, 0.2) is 0 Å². The van der Waals surface area contributed by atoms with Crippen molar-refractivity contribution in [2.75, 3.05) is 44.7 Å². The average Bonchev–Trinajstić information content (AvgIpc) is 2.42. The Morgan fingerprint density at radius 1 is 0.833 bits per heavy atom. The molecule has 0 rings (SSSR count). The van der Waals surface area contributed by atoms with Crippen LogP contribution in [0.4, 0.5) is 0 Å². The van der Waals surface area contributed by atoms with E-state index in [2.05, 4.69) is 4.18 Å². The van der Waals surface area contributed by atoms with Crippen LogP contribution in [0.25, 0.3) is 0 Å². The molecule has 0 aromatic heterocycles. The molecule has 146 valence electrons. The average molecular weight is 408 g/mol. The van der Waals surface area contributed by atoms with Gasteiger partial charge in [-0.2, -0.15) is 8.42 Å². The minimum absolute atomic E-state index is 0.0914. The zero-order chi connectivity index (χ0) is 18.7. The first-order valence-corrected chi connectivity index (χ1v) is 13.6. The van der Waals surface area contributed by atoms with Crippen molar-refractivity contribution in [2.45, 2.75) is 40.0 Å². The largest absolute Gasteiger partial charge is 0.340 e. The number of rotatable bonds is 15. The highest BCUT2D eigenvalue weighted by Gasteiger charge is 2.36. The zero-order valence-corrected chi connectivity index (χ0v) is 17.5. The fourth-order valence-corrected chi connectivity index (χ4v) is 8.27. The van der Waals surface area contributed by atoms with E-state index < -0.39 is 25.1 Å². The molecule has 1 atom stereocenters. The van der Waals surface area contributed by atoms with Crippen LogP contribution < -0.4 is 0 Å². The molecule has 0 saturated heterocycles. The van der Waals surface area contributed by atoms with Gasteiger partial charge in [0, 0.05) is 6.16 Å². The number of hydrogen-bond acceptors (Lipinski definition) is 8. The fourth-order valence-electron chi connectivity index (χ4n) is 2.03. The van der Waals surface area contributed by atoms with Gasteiger partial charge in [0.25, 0.3) is 10.1 Å². The quantitative estimate of drug-likeness (QED) is 0.230. The highest BCUT2D eigenvalue weighted by Crippen LogP contribution is 2.63. The van der Waals surface area contributed by atoms with Crippen molar-refractivity contribution < 1.29 is 35.3 Å². The Hall–Kier alpha value is 0.250. The molecule has 0 spiro atoms. The molecule has 0 radical (unpaired) electrons. The molecule has 1 unspecified atom stereocenters. The van der Waals surface area contributed by atoms with Gasteiger partial charge >= 0.3 is 7.60 Å². The molecule has 0 aromatic carbocycles. The summed E-state index contributed by atoms with van der Waals surface area (Å²) in [5, 5.41) is 0. The summed E-state index contributed by atoms with van der Waals surface area (Å²) in [6.07, 6.45) is 2.93. The van der Waals surface area contributed by atoms with Gasteiger partial charge in [-0.1, -0.05) is 6.42 Å². The van der Waals surface area contributed by atoms with Crippen molar-refractivity contribution in [2.24, 2.45) is 0 Å². The van der Waals surface area contributed by atoms with Crippen molar-refractivity contribution in [3.8, 4) is 0 Å². The smallest absolute Gasteiger partial charge is 0.328 e. The fraction of sp³-hybridized carbons (Fsp3) is 1.00. The molecule has 0 heterocycles. The first kappa shape index (κ1) is 24.2. The molecule has 11 heteroatoms.